The summed E-state index contributed by atoms with van der Waals surface area (Å²) in [7, 11) is 0. The zero-order valence-electron chi connectivity index (χ0n) is 13.5. The van der Waals surface area contributed by atoms with E-state index in [2.05, 4.69) is 5.32 Å². The molecule has 4 nitrogen and oxygen atoms in total. The van der Waals surface area contributed by atoms with E-state index in [1.807, 2.05) is 0 Å². The van der Waals surface area contributed by atoms with Gasteiger partial charge in [0.15, 0.2) is 11.6 Å². The molecule has 5 heteroatoms. The van der Waals surface area contributed by atoms with Crippen molar-refractivity contribution in [1.29, 1.82) is 0 Å². The lowest BCUT2D eigenvalue weighted by Gasteiger charge is -2.18. The number of rotatable bonds is 2. The van der Waals surface area contributed by atoms with Gasteiger partial charge in [-0.05, 0) is 36.4 Å². The van der Waals surface area contributed by atoms with E-state index in [9.17, 15) is 14.4 Å². The molecule has 0 heterocycles. The first-order chi connectivity index (χ1) is 12.5. The monoisotopic (exact) mass is 361 g/mol. The summed E-state index contributed by atoms with van der Waals surface area (Å²) in [5, 5.41) is 3.19. The van der Waals surface area contributed by atoms with Crippen LogP contribution in [0.3, 0.4) is 0 Å². The molecule has 0 spiro atoms. The Morgan fingerprint density at radius 1 is 0.731 bits per heavy atom. The van der Waals surface area contributed by atoms with Crippen molar-refractivity contribution in [3.63, 3.8) is 0 Å². The first-order valence-corrected chi connectivity index (χ1v) is 8.32. The summed E-state index contributed by atoms with van der Waals surface area (Å²) in [5.41, 5.74) is 2.26. The fourth-order valence-electron chi connectivity index (χ4n) is 3.01. The van der Waals surface area contributed by atoms with Crippen molar-refractivity contribution in [2.75, 3.05) is 5.32 Å². The Labute approximate surface area is 154 Å². The lowest BCUT2D eigenvalue weighted by atomic mass is 9.84. The summed E-state index contributed by atoms with van der Waals surface area (Å²) in [4.78, 5) is 37.7. The largest absolute Gasteiger partial charge is 0.322 e. The van der Waals surface area contributed by atoms with Gasteiger partial charge in [0.2, 0.25) is 0 Å². The van der Waals surface area contributed by atoms with Crippen LogP contribution in [-0.4, -0.2) is 17.5 Å². The van der Waals surface area contributed by atoms with Gasteiger partial charge < -0.3 is 5.32 Å². The Balaban J connectivity index is 1.68. The van der Waals surface area contributed by atoms with Crippen LogP contribution in [0.25, 0.3) is 0 Å². The molecule has 0 aromatic heterocycles. The maximum atomic E-state index is 12.7. The lowest BCUT2D eigenvalue weighted by molar-refractivity contribution is 0.0979. The Morgan fingerprint density at radius 3 is 2.08 bits per heavy atom. The minimum atomic E-state index is -0.345. The van der Waals surface area contributed by atoms with Crippen LogP contribution in [0.1, 0.15) is 42.2 Å². The molecule has 0 radical (unpaired) electrons. The molecule has 0 bridgehead atoms. The van der Waals surface area contributed by atoms with Crippen LogP contribution in [-0.2, 0) is 0 Å². The van der Waals surface area contributed by atoms with E-state index in [4.69, 9.17) is 11.6 Å². The SMILES string of the molecule is O=C(Nc1ccc2c(c1)C(=O)c1ccccc1C2=O)c1cccc(Cl)c1. The summed E-state index contributed by atoms with van der Waals surface area (Å²) < 4.78 is 0. The fraction of sp³-hybridized carbons (Fsp3) is 0. The highest BCUT2D eigenvalue weighted by atomic mass is 35.5. The van der Waals surface area contributed by atoms with Gasteiger partial charge in [-0.3, -0.25) is 14.4 Å². The summed E-state index contributed by atoms with van der Waals surface area (Å²) >= 11 is 5.91. The van der Waals surface area contributed by atoms with Crippen LogP contribution in [0.5, 0.6) is 0 Å². The van der Waals surface area contributed by atoms with Crippen LogP contribution in [0.4, 0.5) is 5.69 Å². The van der Waals surface area contributed by atoms with Crippen molar-refractivity contribution >= 4 is 34.8 Å². The molecule has 0 saturated heterocycles. The molecule has 0 atom stereocenters. The third kappa shape index (κ3) is 2.70. The molecule has 0 saturated carbocycles. The Morgan fingerprint density at radius 2 is 1.38 bits per heavy atom. The molecule has 26 heavy (non-hydrogen) atoms. The zero-order chi connectivity index (χ0) is 18.3. The minimum Gasteiger partial charge on any atom is -0.322 e. The first kappa shape index (κ1) is 16.2. The number of anilines is 1. The minimum absolute atomic E-state index is 0.192. The van der Waals surface area contributed by atoms with Gasteiger partial charge in [-0.25, -0.2) is 0 Å². The number of hydrogen-bond acceptors (Lipinski definition) is 3. The van der Waals surface area contributed by atoms with Gasteiger partial charge in [-0.2, -0.15) is 0 Å². The fourth-order valence-corrected chi connectivity index (χ4v) is 3.20. The molecule has 4 rings (SSSR count). The van der Waals surface area contributed by atoms with Crippen molar-refractivity contribution in [1.82, 2.24) is 0 Å². The van der Waals surface area contributed by atoms with Crippen LogP contribution in [0.15, 0.2) is 66.7 Å². The summed E-state index contributed by atoms with van der Waals surface area (Å²) in [5.74, 6) is -0.764. The highest BCUT2D eigenvalue weighted by molar-refractivity contribution is 6.31. The van der Waals surface area contributed by atoms with Crippen LogP contribution in [0.2, 0.25) is 5.02 Å². The molecule has 1 aliphatic carbocycles. The second-order valence-electron chi connectivity index (χ2n) is 5.93. The van der Waals surface area contributed by atoms with Gasteiger partial charge in [-0.15, -0.1) is 0 Å². The predicted octanol–water partition coefficient (Wildman–Crippen LogP) is 4.37. The quantitative estimate of drug-likeness (QED) is 0.576. The van der Waals surface area contributed by atoms with Gasteiger partial charge in [0.1, 0.15) is 0 Å². The smallest absolute Gasteiger partial charge is 0.255 e. The predicted molar refractivity (Wildman–Crippen MR) is 99.2 cm³/mol. The Hall–Kier alpha value is -3.24. The van der Waals surface area contributed by atoms with Crippen molar-refractivity contribution in [2.24, 2.45) is 0 Å². The second-order valence-corrected chi connectivity index (χ2v) is 6.37. The molecule has 0 fully saturated rings. The van der Waals surface area contributed by atoms with Crippen LogP contribution >= 0.6 is 11.6 Å². The van der Waals surface area contributed by atoms with Gasteiger partial charge in [0, 0.05) is 38.5 Å². The third-order valence-corrected chi connectivity index (χ3v) is 4.50. The van der Waals surface area contributed by atoms with E-state index in [1.54, 1.807) is 60.7 Å². The van der Waals surface area contributed by atoms with Crippen LogP contribution in [0, 0.1) is 0 Å². The molecule has 1 aliphatic rings. The Bertz CT molecular complexity index is 1090. The van der Waals surface area contributed by atoms with Crippen molar-refractivity contribution in [3.8, 4) is 0 Å². The first-order valence-electron chi connectivity index (χ1n) is 7.94. The van der Waals surface area contributed by atoms with Gasteiger partial charge in [0.05, 0.1) is 0 Å². The average molecular weight is 362 g/mol. The van der Waals surface area contributed by atoms with Gasteiger partial charge in [0.25, 0.3) is 5.91 Å². The normalized spacial score (nSPS) is 12.3. The number of benzene rings is 3. The van der Waals surface area contributed by atoms with Crippen molar-refractivity contribution in [3.05, 3.63) is 99.6 Å². The second kappa shape index (κ2) is 6.24. The Kier molecular flexibility index (Phi) is 3.90. The summed E-state index contributed by atoms with van der Waals surface area (Å²) in [6, 6.07) is 18.0. The number of amides is 1. The maximum Gasteiger partial charge on any atom is 0.255 e. The number of halogens is 1. The highest BCUT2D eigenvalue weighted by Crippen LogP contribution is 2.29. The van der Waals surface area contributed by atoms with E-state index in [-0.39, 0.29) is 23.0 Å². The average Bonchev–Trinajstić information content (AvgIpc) is 2.66. The molecule has 126 valence electrons. The molecule has 3 aromatic rings. The van der Waals surface area contributed by atoms with Gasteiger partial charge in [-0.1, -0.05) is 41.9 Å². The number of ketones is 2. The maximum absolute atomic E-state index is 12.7. The summed E-state index contributed by atoms with van der Waals surface area (Å²) in [6.45, 7) is 0. The van der Waals surface area contributed by atoms with Crippen LogP contribution < -0.4 is 5.32 Å². The van der Waals surface area contributed by atoms with Gasteiger partial charge >= 0.3 is 0 Å². The van der Waals surface area contributed by atoms with E-state index in [0.717, 1.165) is 0 Å². The lowest BCUT2D eigenvalue weighted by Crippen LogP contribution is -2.21. The van der Waals surface area contributed by atoms with E-state index in [1.165, 1.54) is 6.07 Å². The molecule has 0 unspecified atom stereocenters. The zero-order valence-corrected chi connectivity index (χ0v) is 14.2. The molecule has 1 amide bonds. The van der Waals surface area contributed by atoms with E-state index < -0.39 is 0 Å². The molecule has 3 aromatic carbocycles. The number of carbonyl (C=O) groups excluding carboxylic acids is 3. The topological polar surface area (TPSA) is 63.2 Å². The number of carbonyl (C=O) groups is 3. The number of hydrogen-bond donors (Lipinski definition) is 1. The third-order valence-electron chi connectivity index (χ3n) is 4.27. The number of nitrogens with one attached hydrogen (secondary N) is 1. The molecular weight excluding hydrogens is 350 g/mol. The van der Waals surface area contributed by atoms with Crippen molar-refractivity contribution < 1.29 is 14.4 Å². The van der Waals surface area contributed by atoms with Crippen molar-refractivity contribution in [2.45, 2.75) is 0 Å². The molecular formula is C21H12ClNO3. The highest BCUT2D eigenvalue weighted by Gasteiger charge is 2.29. The standard InChI is InChI=1S/C21H12ClNO3/c22-13-5-3-4-12(10-13)21(26)23-14-8-9-17-18(11-14)20(25)16-7-2-1-6-15(16)19(17)24/h1-11H,(H,23,26). The number of fused-ring (bicyclic) bond motifs is 2. The van der Waals surface area contributed by atoms with E-state index >= 15 is 0 Å². The molecule has 1 N–H and O–H groups in total. The van der Waals surface area contributed by atoms with E-state index in [0.29, 0.717) is 33.0 Å². The molecule has 0 aliphatic heterocycles. The summed E-state index contributed by atoms with van der Waals surface area (Å²) in [6.07, 6.45) is 0.